The molecule has 152 valence electrons. The molecule has 1 heterocycles. The van der Waals surface area contributed by atoms with Crippen molar-refractivity contribution in [2.45, 2.75) is 11.8 Å². The molecule has 3 aromatic carbocycles. The number of sulfonamides is 1. The average molecular weight is 427 g/mol. The summed E-state index contributed by atoms with van der Waals surface area (Å²) in [5.74, 6) is -1.60. The Morgan fingerprint density at radius 2 is 1.70 bits per heavy atom. The highest BCUT2D eigenvalue weighted by Gasteiger charge is 2.20. The lowest BCUT2D eigenvalue weighted by Crippen LogP contribution is -2.14. The minimum atomic E-state index is -4.18. The van der Waals surface area contributed by atoms with Crippen LogP contribution in [0.5, 0.6) is 0 Å². The molecule has 30 heavy (non-hydrogen) atoms. The SMILES string of the molecule is Cc1cc(-c2nn[nH]n2)cc(S(=O)(=O)Nc2cc(-c3ccccc3)c(F)cc2F)c1. The summed E-state index contributed by atoms with van der Waals surface area (Å²) in [5, 5.41) is 13.4. The second-order valence-electron chi connectivity index (χ2n) is 6.55. The molecule has 0 radical (unpaired) electrons. The predicted octanol–water partition coefficient (Wildman–Crippen LogP) is 3.92. The highest BCUT2D eigenvalue weighted by atomic mass is 32.2. The molecular formula is C20H15F2N5O2S. The molecule has 0 atom stereocenters. The Morgan fingerprint density at radius 3 is 2.40 bits per heavy atom. The van der Waals surface area contributed by atoms with Gasteiger partial charge in [0, 0.05) is 17.2 Å². The Labute approximate surface area is 170 Å². The van der Waals surface area contributed by atoms with Gasteiger partial charge in [-0.1, -0.05) is 30.3 Å². The largest absolute Gasteiger partial charge is 0.277 e. The topological polar surface area (TPSA) is 101 Å². The summed E-state index contributed by atoms with van der Waals surface area (Å²) in [6, 6.07) is 14.7. The fourth-order valence-corrected chi connectivity index (χ4v) is 4.17. The Hall–Kier alpha value is -3.66. The number of H-pyrrole nitrogens is 1. The first-order valence-electron chi connectivity index (χ1n) is 8.76. The third kappa shape index (κ3) is 3.90. The van der Waals surface area contributed by atoms with Crippen LogP contribution in [-0.2, 0) is 10.0 Å². The number of halogens is 2. The van der Waals surface area contributed by atoms with E-state index >= 15 is 0 Å². The number of nitrogens with one attached hydrogen (secondary N) is 2. The maximum Gasteiger partial charge on any atom is 0.262 e. The highest BCUT2D eigenvalue weighted by molar-refractivity contribution is 7.92. The van der Waals surface area contributed by atoms with Gasteiger partial charge >= 0.3 is 0 Å². The van der Waals surface area contributed by atoms with Crippen LogP contribution in [0.15, 0.2) is 65.6 Å². The van der Waals surface area contributed by atoms with Crippen molar-refractivity contribution in [3.63, 3.8) is 0 Å². The van der Waals surface area contributed by atoms with Gasteiger partial charge in [-0.3, -0.25) is 4.72 Å². The number of nitrogens with zero attached hydrogens (tertiary/aromatic N) is 3. The quantitative estimate of drug-likeness (QED) is 0.503. The monoisotopic (exact) mass is 427 g/mol. The molecule has 2 N–H and O–H groups in total. The molecule has 10 heteroatoms. The first kappa shape index (κ1) is 19.6. The minimum Gasteiger partial charge on any atom is -0.277 e. The van der Waals surface area contributed by atoms with Gasteiger partial charge in [0.15, 0.2) is 0 Å². The third-order valence-corrected chi connectivity index (χ3v) is 5.70. The van der Waals surface area contributed by atoms with Gasteiger partial charge in [-0.2, -0.15) is 5.21 Å². The lowest BCUT2D eigenvalue weighted by atomic mass is 10.0. The number of aryl methyl sites for hydroxylation is 1. The van der Waals surface area contributed by atoms with Crippen molar-refractivity contribution in [1.29, 1.82) is 0 Å². The van der Waals surface area contributed by atoms with E-state index in [1.807, 2.05) is 0 Å². The molecule has 0 saturated carbocycles. The maximum absolute atomic E-state index is 14.4. The van der Waals surface area contributed by atoms with Gasteiger partial charge in [-0.15, -0.1) is 10.2 Å². The van der Waals surface area contributed by atoms with Crippen LogP contribution in [0, 0.1) is 18.6 Å². The number of anilines is 1. The van der Waals surface area contributed by atoms with Crippen molar-refractivity contribution < 1.29 is 17.2 Å². The van der Waals surface area contributed by atoms with E-state index in [1.165, 1.54) is 12.1 Å². The summed E-state index contributed by atoms with van der Waals surface area (Å²) < 4.78 is 56.7. The predicted molar refractivity (Wildman–Crippen MR) is 107 cm³/mol. The van der Waals surface area contributed by atoms with Crippen LogP contribution < -0.4 is 4.72 Å². The molecule has 0 amide bonds. The molecule has 0 aliphatic rings. The molecule has 1 aromatic heterocycles. The van der Waals surface area contributed by atoms with Crippen LogP contribution in [-0.4, -0.2) is 29.0 Å². The number of hydrogen-bond donors (Lipinski definition) is 2. The number of tetrazole rings is 1. The van der Waals surface area contributed by atoms with E-state index in [-0.39, 0.29) is 22.0 Å². The van der Waals surface area contributed by atoms with E-state index in [0.717, 1.165) is 6.07 Å². The molecule has 4 rings (SSSR count). The van der Waals surface area contributed by atoms with Crippen molar-refractivity contribution in [1.82, 2.24) is 20.6 Å². The van der Waals surface area contributed by atoms with Crippen LogP contribution in [0.1, 0.15) is 5.56 Å². The summed E-state index contributed by atoms with van der Waals surface area (Å²) in [4.78, 5) is -0.118. The Balaban J connectivity index is 1.74. The van der Waals surface area contributed by atoms with Crippen molar-refractivity contribution in [3.05, 3.63) is 77.9 Å². The van der Waals surface area contributed by atoms with E-state index in [4.69, 9.17) is 0 Å². The Kier molecular flexibility index (Phi) is 5.00. The zero-order chi connectivity index (χ0) is 21.3. The summed E-state index contributed by atoms with van der Waals surface area (Å²) >= 11 is 0. The zero-order valence-corrected chi connectivity index (χ0v) is 16.4. The highest BCUT2D eigenvalue weighted by Crippen LogP contribution is 2.30. The number of rotatable bonds is 5. The fraction of sp³-hybridized carbons (Fsp3) is 0.0500. The molecule has 0 aliphatic carbocycles. The van der Waals surface area contributed by atoms with Crippen LogP contribution in [0.3, 0.4) is 0 Å². The van der Waals surface area contributed by atoms with E-state index in [2.05, 4.69) is 25.3 Å². The number of benzene rings is 3. The molecule has 0 spiro atoms. The molecule has 7 nitrogen and oxygen atoms in total. The summed E-state index contributed by atoms with van der Waals surface area (Å²) in [6.45, 7) is 1.70. The zero-order valence-electron chi connectivity index (χ0n) is 15.6. The molecule has 0 saturated heterocycles. The smallest absolute Gasteiger partial charge is 0.262 e. The third-order valence-electron chi connectivity index (χ3n) is 4.35. The average Bonchev–Trinajstić information content (AvgIpc) is 3.25. The summed E-state index contributed by atoms with van der Waals surface area (Å²) in [7, 11) is -4.18. The van der Waals surface area contributed by atoms with Crippen LogP contribution in [0.4, 0.5) is 14.5 Å². The number of aromatic nitrogens is 4. The first-order chi connectivity index (χ1) is 14.3. The summed E-state index contributed by atoms with van der Waals surface area (Å²) in [5.41, 5.74) is 1.26. The van der Waals surface area contributed by atoms with Gasteiger partial charge in [0.2, 0.25) is 5.82 Å². The van der Waals surface area contributed by atoms with Gasteiger partial charge in [0.25, 0.3) is 10.0 Å². The first-order valence-corrected chi connectivity index (χ1v) is 10.2. The lowest BCUT2D eigenvalue weighted by molar-refractivity contribution is 0.584. The van der Waals surface area contributed by atoms with Gasteiger partial charge in [0.05, 0.1) is 10.6 Å². The normalized spacial score (nSPS) is 11.4. The van der Waals surface area contributed by atoms with Crippen molar-refractivity contribution in [3.8, 4) is 22.5 Å². The maximum atomic E-state index is 14.4. The van der Waals surface area contributed by atoms with Crippen LogP contribution >= 0.6 is 0 Å². The Bertz CT molecular complexity index is 1310. The standard InChI is InChI=1S/C20H15F2N5O2S/c1-12-7-14(20-23-26-27-24-20)9-15(8-12)30(28,29)25-19-10-16(17(21)11-18(19)22)13-5-3-2-4-6-13/h2-11,25H,1H3,(H,23,24,26,27). The van der Waals surface area contributed by atoms with Crippen molar-refractivity contribution in [2.75, 3.05) is 4.72 Å². The molecule has 0 fully saturated rings. The second-order valence-corrected chi connectivity index (χ2v) is 8.24. The van der Waals surface area contributed by atoms with Crippen LogP contribution in [0.25, 0.3) is 22.5 Å². The Morgan fingerprint density at radius 1 is 0.933 bits per heavy atom. The lowest BCUT2D eigenvalue weighted by Gasteiger charge is -2.13. The van der Waals surface area contributed by atoms with E-state index in [1.54, 1.807) is 43.3 Å². The van der Waals surface area contributed by atoms with Gasteiger partial charge in [0.1, 0.15) is 11.6 Å². The number of hydrogen-bond acceptors (Lipinski definition) is 5. The molecule has 0 unspecified atom stereocenters. The molecule has 0 bridgehead atoms. The van der Waals surface area contributed by atoms with Gasteiger partial charge < -0.3 is 0 Å². The van der Waals surface area contributed by atoms with E-state index in [9.17, 15) is 17.2 Å². The van der Waals surface area contributed by atoms with E-state index < -0.39 is 21.7 Å². The minimum absolute atomic E-state index is 0.0754. The molecule has 4 aromatic rings. The fourth-order valence-electron chi connectivity index (χ4n) is 2.99. The number of aromatic amines is 1. The second kappa shape index (κ2) is 7.64. The molecule has 0 aliphatic heterocycles. The van der Waals surface area contributed by atoms with E-state index in [0.29, 0.717) is 22.8 Å². The van der Waals surface area contributed by atoms with Crippen molar-refractivity contribution >= 4 is 15.7 Å². The van der Waals surface area contributed by atoms with Crippen molar-refractivity contribution in [2.24, 2.45) is 0 Å². The van der Waals surface area contributed by atoms with Gasteiger partial charge in [-0.25, -0.2) is 17.2 Å². The molecular weight excluding hydrogens is 412 g/mol. The summed E-state index contributed by atoms with van der Waals surface area (Å²) in [6.07, 6.45) is 0. The van der Waals surface area contributed by atoms with Gasteiger partial charge in [-0.05, 0) is 47.5 Å². The van der Waals surface area contributed by atoms with Crippen LogP contribution in [0.2, 0.25) is 0 Å².